The Kier molecular flexibility index (Phi) is 3.35. The molecule has 0 N–H and O–H groups in total. The number of rotatable bonds is 3. The van der Waals surface area contributed by atoms with Crippen LogP contribution in [0.4, 0.5) is 0 Å². The third kappa shape index (κ3) is 2.11. The van der Waals surface area contributed by atoms with Gasteiger partial charge in [-0.2, -0.15) is 0 Å². The number of hydrogen-bond donors (Lipinski definition) is 0. The molecule has 0 aliphatic heterocycles. The van der Waals surface area contributed by atoms with Crippen molar-refractivity contribution >= 4 is 18.4 Å². The zero-order chi connectivity index (χ0) is 8.97. The second-order valence-corrected chi connectivity index (χ2v) is 3.08. The molecule has 0 heterocycles. The normalized spacial score (nSPS) is 9.83. The Bertz CT molecular complexity index is 281. The molecule has 0 aromatic heterocycles. The molecule has 1 aromatic rings. The standard InChI is InChI=1S/C10H11OS/c1-8(11)10-5-3-2-4-9(10)6-7-12/h2-5H,6-7H2,1H3. The summed E-state index contributed by atoms with van der Waals surface area (Å²) in [5.74, 6) is 0.790. The van der Waals surface area contributed by atoms with Gasteiger partial charge in [0.25, 0.3) is 0 Å². The van der Waals surface area contributed by atoms with Gasteiger partial charge in [0.15, 0.2) is 5.78 Å². The van der Waals surface area contributed by atoms with Gasteiger partial charge in [-0.1, -0.05) is 36.9 Å². The van der Waals surface area contributed by atoms with E-state index in [-0.39, 0.29) is 5.78 Å². The van der Waals surface area contributed by atoms with E-state index in [0.717, 1.165) is 17.5 Å². The van der Waals surface area contributed by atoms with Crippen LogP contribution in [-0.2, 0) is 6.42 Å². The van der Waals surface area contributed by atoms with Crippen molar-refractivity contribution in [1.82, 2.24) is 0 Å². The van der Waals surface area contributed by atoms with Gasteiger partial charge in [-0.25, -0.2) is 0 Å². The van der Waals surface area contributed by atoms with Gasteiger partial charge in [0.2, 0.25) is 0 Å². The zero-order valence-corrected chi connectivity index (χ0v) is 7.86. The van der Waals surface area contributed by atoms with Crippen LogP contribution in [0.2, 0.25) is 0 Å². The van der Waals surface area contributed by atoms with Crippen LogP contribution in [0.25, 0.3) is 0 Å². The number of ketones is 1. The Morgan fingerprint density at radius 1 is 1.42 bits per heavy atom. The summed E-state index contributed by atoms with van der Waals surface area (Å²) in [5.41, 5.74) is 1.88. The maximum absolute atomic E-state index is 11.1. The Labute approximate surface area is 78.2 Å². The summed E-state index contributed by atoms with van der Waals surface area (Å²) in [5, 5.41) is 0. The summed E-state index contributed by atoms with van der Waals surface area (Å²) in [6.07, 6.45) is 0.811. The van der Waals surface area contributed by atoms with Crippen molar-refractivity contribution in [2.24, 2.45) is 0 Å². The van der Waals surface area contributed by atoms with Gasteiger partial charge in [0.1, 0.15) is 0 Å². The predicted octanol–water partition coefficient (Wildman–Crippen LogP) is 2.63. The van der Waals surface area contributed by atoms with Gasteiger partial charge >= 0.3 is 0 Å². The Morgan fingerprint density at radius 3 is 2.67 bits per heavy atom. The van der Waals surface area contributed by atoms with Crippen LogP contribution in [0.3, 0.4) is 0 Å². The summed E-state index contributed by atoms with van der Waals surface area (Å²) in [6, 6.07) is 7.63. The lowest BCUT2D eigenvalue weighted by Crippen LogP contribution is -1.99. The molecule has 0 saturated heterocycles. The van der Waals surface area contributed by atoms with Gasteiger partial charge in [0.05, 0.1) is 0 Å². The second-order valence-electron chi connectivity index (χ2n) is 2.67. The van der Waals surface area contributed by atoms with E-state index in [2.05, 4.69) is 0 Å². The maximum atomic E-state index is 11.1. The molecule has 0 atom stereocenters. The Morgan fingerprint density at radius 2 is 2.08 bits per heavy atom. The highest BCUT2D eigenvalue weighted by Gasteiger charge is 2.04. The minimum absolute atomic E-state index is 0.119. The third-order valence-corrected chi connectivity index (χ3v) is 1.97. The molecule has 1 rings (SSSR count). The van der Waals surface area contributed by atoms with Gasteiger partial charge in [-0.05, 0) is 18.9 Å². The molecule has 0 amide bonds. The van der Waals surface area contributed by atoms with Crippen LogP contribution in [0.5, 0.6) is 0 Å². The number of hydrogen-bond acceptors (Lipinski definition) is 1. The van der Waals surface area contributed by atoms with Crippen molar-refractivity contribution in [3.8, 4) is 0 Å². The summed E-state index contributed by atoms with van der Waals surface area (Å²) in [6.45, 7) is 1.59. The summed E-state index contributed by atoms with van der Waals surface area (Å²) in [7, 11) is 0. The highest BCUT2D eigenvalue weighted by molar-refractivity contribution is 7.80. The lowest BCUT2D eigenvalue weighted by Gasteiger charge is -2.03. The fourth-order valence-corrected chi connectivity index (χ4v) is 1.41. The van der Waals surface area contributed by atoms with Crippen LogP contribution >= 0.6 is 12.6 Å². The van der Waals surface area contributed by atoms with Crippen LogP contribution in [0, 0.1) is 0 Å². The topological polar surface area (TPSA) is 17.1 Å². The van der Waals surface area contributed by atoms with Crippen molar-refractivity contribution in [3.63, 3.8) is 0 Å². The molecular formula is C10H11OS. The molecule has 12 heavy (non-hydrogen) atoms. The van der Waals surface area contributed by atoms with E-state index in [9.17, 15) is 4.79 Å². The average molecular weight is 179 g/mol. The van der Waals surface area contributed by atoms with Crippen molar-refractivity contribution in [2.45, 2.75) is 13.3 Å². The number of benzene rings is 1. The van der Waals surface area contributed by atoms with E-state index in [4.69, 9.17) is 12.6 Å². The Hall–Kier alpha value is -0.760. The van der Waals surface area contributed by atoms with Gasteiger partial charge in [0, 0.05) is 11.3 Å². The van der Waals surface area contributed by atoms with E-state index in [0.29, 0.717) is 5.75 Å². The quantitative estimate of drug-likeness (QED) is 0.652. The monoisotopic (exact) mass is 179 g/mol. The molecular weight excluding hydrogens is 168 g/mol. The SMILES string of the molecule is CC(=O)c1ccccc1CC[S]. The molecule has 63 valence electrons. The van der Waals surface area contributed by atoms with Crippen LogP contribution in [0.1, 0.15) is 22.8 Å². The molecule has 0 spiro atoms. The van der Waals surface area contributed by atoms with Crippen molar-refractivity contribution in [3.05, 3.63) is 35.4 Å². The fourth-order valence-electron chi connectivity index (χ4n) is 1.19. The highest BCUT2D eigenvalue weighted by atomic mass is 32.1. The van der Waals surface area contributed by atoms with Crippen LogP contribution in [-0.4, -0.2) is 11.5 Å². The largest absolute Gasteiger partial charge is 0.295 e. The van der Waals surface area contributed by atoms with E-state index in [1.165, 1.54) is 0 Å². The minimum atomic E-state index is 0.119. The van der Waals surface area contributed by atoms with Crippen LogP contribution < -0.4 is 0 Å². The van der Waals surface area contributed by atoms with Crippen LogP contribution in [0.15, 0.2) is 24.3 Å². The number of carbonyl (C=O) groups excluding carboxylic acids is 1. The predicted molar refractivity (Wildman–Crippen MR) is 52.6 cm³/mol. The average Bonchev–Trinajstić information content (AvgIpc) is 2.05. The minimum Gasteiger partial charge on any atom is -0.295 e. The summed E-state index contributed by atoms with van der Waals surface area (Å²) >= 11 is 4.87. The lowest BCUT2D eigenvalue weighted by atomic mass is 10.0. The molecule has 1 radical (unpaired) electrons. The smallest absolute Gasteiger partial charge is 0.160 e. The van der Waals surface area contributed by atoms with Gasteiger partial charge in [-0.3, -0.25) is 4.79 Å². The Balaban J connectivity index is 3.00. The maximum Gasteiger partial charge on any atom is 0.160 e. The molecule has 0 aliphatic carbocycles. The zero-order valence-electron chi connectivity index (χ0n) is 7.04. The van der Waals surface area contributed by atoms with Gasteiger partial charge < -0.3 is 0 Å². The number of carbonyl (C=O) groups is 1. The molecule has 0 saturated carbocycles. The number of Topliss-reactive ketones (excluding diaryl/α,β-unsaturated/α-hetero) is 1. The van der Waals surface area contributed by atoms with E-state index in [1.807, 2.05) is 24.3 Å². The molecule has 0 bridgehead atoms. The molecule has 1 nitrogen and oxygen atoms in total. The first-order valence-electron chi connectivity index (χ1n) is 3.92. The van der Waals surface area contributed by atoms with E-state index in [1.54, 1.807) is 6.92 Å². The van der Waals surface area contributed by atoms with Crippen molar-refractivity contribution in [1.29, 1.82) is 0 Å². The molecule has 0 fully saturated rings. The lowest BCUT2D eigenvalue weighted by molar-refractivity contribution is 0.101. The third-order valence-electron chi connectivity index (χ3n) is 1.77. The molecule has 0 aliphatic rings. The first-order chi connectivity index (χ1) is 5.75. The first kappa shape index (κ1) is 9.33. The first-order valence-corrected chi connectivity index (χ1v) is 4.50. The summed E-state index contributed by atoms with van der Waals surface area (Å²) < 4.78 is 0. The second kappa shape index (κ2) is 4.31. The fraction of sp³-hybridized carbons (Fsp3) is 0.300. The highest BCUT2D eigenvalue weighted by Crippen LogP contribution is 2.10. The van der Waals surface area contributed by atoms with Crippen molar-refractivity contribution < 1.29 is 4.79 Å². The number of aryl methyl sites for hydroxylation is 1. The van der Waals surface area contributed by atoms with E-state index < -0.39 is 0 Å². The van der Waals surface area contributed by atoms with Crippen molar-refractivity contribution in [2.75, 3.05) is 5.75 Å². The van der Waals surface area contributed by atoms with Gasteiger partial charge in [-0.15, -0.1) is 0 Å². The molecule has 2 heteroatoms. The van der Waals surface area contributed by atoms with E-state index >= 15 is 0 Å². The summed E-state index contributed by atoms with van der Waals surface area (Å²) in [4.78, 5) is 11.1. The molecule has 0 unspecified atom stereocenters. The molecule has 1 aromatic carbocycles.